The molecular weight excluding hydrogens is 293 g/mol. The lowest BCUT2D eigenvalue weighted by Crippen LogP contribution is -2.07. The number of nitrogens with zero attached hydrogens (tertiary/aromatic N) is 1. The molecule has 1 unspecified atom stereocenters. The lowest BCUT2D eigenvalue weighted by molar-refractivity contribution is 0.292. The number of rotatable bonds is 5. The fourth-order valence-electron chi connectivity index (χ4n) is 2.80. The van der Waals surface area contributed by atoms with Crippen LogP contribution in [0.3, 0.4) is 0 Å². The number of pyridine rings is 1. The van der Waals surface area contributed by atoms with Crippen molar-refractivity contribution >= 4 is 7.12 Å². The van der Waals surface area contributed by atoms with E-state index in [0.717, 1.165) is 22.4 Å². The molecule has 0 bridgehead atoms. The molecule has 5 nitrogen and oxygen atoms in total. The van der Waals surface area contributed by atoms with Crippen LogP contribution in [0.5, 0.6) is 11.5 Å². The predicted octanol–water partition coefficient (Wildman–Crippen LogP) is 2.75. The molecule has 6 heteroatoms. The average molecular weight is 313 g/mol. The Hall–Kier alpha value is -2.05. The minimum Gasteiger partial charge on any atom is -0.493 e. The monoisotopic (exact) mass is 313 g/mol. The molecule has 1 aliphatic rings. The van der Waals surface area contributed by atoms with Crippen molar-refractivity contribution in [2.45, 2.75) is 19.2 Å². The van der Waals surface area contributed by atoms with Crippen molar-refractivity contribution in [1.29, 1.82) is 0 Å². The van der Waals surface area contributed by atoms with E-state index in [4.69, 9.17) is 14.1 Å². The normalized spacial score (nSPS) is 17.3. The Morgan fingerprint density at radius 2 is 2.13 bits per heavy atom. The molecular formula is C17H20BNO4. The molecule has 1 aromatic carbocycles. The molecule has 1 saturated heterocycles. The molecule has 23 heavy (non-hydrogen) atoms. The lowest BCUT2D eigenvalue weighted by atomic mass is 9.80. The third kappa shape index (κ3) is 3.49. The molecule has 1 atom stereocenters. The van der Waals surface area contributed by atoms with Crippen molar-refractivity contribution in [2.75, 3.05) is 20.3 Å². The summed E-state index contributed by atoms with van der Waals surface area (Å²) in [5.41, 5.74) is 3.10. The Bertz CT molecular complexity index is 679. The summed E-state index contributed by atoms with van der Waals surface area (Å²) in [7, 11) is 0.958. The van der Waals surface area contributed by atoms with E-state index in [1.165, 1.54) is 0 Å². The molecule has 2 heterocycles. The fraction of sp³-hybridized carbons (Fsp3) is 0.353. The number of aromatic nitrogens is 1. The predicted molar refractivity (Wildman–Crippen MR) is 88.9 cm³/mol. The fourth-order valence-corrected chi connectivity index (χ4v) is 2.80. The summed E-state index contributed by atoms with van der Waals surface area (Å²) in [6.45, 7) is 3.05. The third-order valence-electron chi connectivity index (χ3n) is 4.00. The van der Waals surface area contributed by atoms with Crippen LogP contribution >= 0.6 is 0 Å². The topological polar surface area (TPSA) is 60.8 Å². The van der Waals surface area contributed by atoms with Crippen LogP contribution in [-0.4, -0.2) is 37.4 Å². The van der Waals surface area contributed by atoms with Gasteiger partial charge in [0.05, 0.1) is 13.7 Å². The molecule has 0 radical (unpaired) electrons. The molecule has 3 rings (SSSR count). The number of methoxy groups -OCH3 is 1. The molecule has 120 valence electrons. The number of hydrogen-bond acceptors (Lipinski definition) is 5. The van der Waals surface area contributed by atoms with Crippen molar-refractivity contribution in [3.8, 4) is 22.6 Å². The SMILES string of the molecule is CCOc1cc(-c2cncc(C3COB(O)C3)c2)ccc1OC. The van der Waals surface area contributed by atoms with Crippen LogP contribution < -0.4 is 9.47 Å². The summed E-state index contributed by atoms with van der Waals surface area (Å²) in [4.78, 5) is 4.34. The van der Waals surface area contributed by atoms with Gasteiger partial charge < -0.3 is 19.2 Å². The summed E-state index contributed by atoms with van der Waals surface area (Å²) >= 11 is 0. The quantitative estimate of drug-likeness (QED) is 0.860. The largest absolute Gasteiger partial charge is 0.493 e. The van der Waals surface area contributed by atoms with Gasteiger partial charge >= 0.3 is 7.12 Å². The maximum atomic E-state index is 9.53. The Morgan fingerprint density at radius 1 is 1.26 bits per heavy atom. The second-order valence-electron chi connectivity index (χ2n) is 5.53. The summed E-state index contributed by atoms with van der Waals surface area (Å²) in [6, 6.07) is 7.94. The van der Waals surface area contributed by atoms with Gasteiger partial charge in [-0.2, -0.15) is 0 Å². The van der Waals surface area contributed by atoms with E-state index in [1.807, 2.05) is 37.5 Å². The average Bonchev–Trinajstić information content (AvgIpc) is 3.02. The molecule has 1 aromatic heterocycles. The van der Waals surface area contributed by atoms with Gasteiger partial charge in [-0.3, -0.25) is 4.98 Å². The second kappa shape index (κ2) is 7.02. The minimum absolute atomic E-state index is 0.182. The zero-order chi connectivity index (χ0) is 16.2. The highest BCUT2D eigenvalue weighted by atomic mass is 16.5. The molecule has 2 aromatic rings. The van der Waals surface area contributed by atoms with Gasteiger partial charge in [0.1, 0.15) is 0 Å². The van der Waals surface area contributed by atoms with E-state index in [2.05, 4.69) is 11.1 Å². The summed E-state index contributed by atoms with van der Waals surface area (Å²) < 4.78 is 16.2. The van der Waals surface area contributed by atoms with Gasteiger partial charge in [-0.05, 0) is 42.6 Å². The Kier molecular flexibility index (Phi) is 4.83. The molecule has 1 N–H and O–H groups in total. The van der Waals surface area contributed by atoms with E-state index in [9.17, 15) is 5.02 Å². The molecule has 0 aliphatic carbocycles. The van der Waals surface area contributed by atoms with Gasteiger partial charge in [0.15, 0.2) is 11.5 Å². The zero-order valence-electron chi connectivity index (χ0n) is 13.4. The van der Waals surface area contributed by atoms with Crippen LogP contribution in [0.1, 0.15) is 18.4 Å². The highest BCUT2D eigenvalue weighted by Gasteiger charge is 2.30. The molecule has 0 saturated carbocycles. The van der Waals surface area contributed by atoms with Gasteiger partial charge in [0, 0.05) is 30.5 Å². The van der Waals surface area contributed by atoms with Crippen molar-refractivity contribution in [3.63, 3.8) is 0 Å². The van der Waals surface area contributed by atoms with Crippen LogP contribution in [0.2, 0.25) is 6.32 Å². The van der Waals surface area contributed by atoms with Gasteiger partial charge in [-0.1, -0.05) is 6.07 Å². The Balaban J connectivity index is 1.91. The maximum absolute atomic E-state index is 9.53. The summed E-state index contributed by atoms with van der Waals surface area (Å²) in [6.07, 6.45) is 4.27. The summed E-state index contributed by atoms with van der Waals surface area (Å²) in [5, 5.41) is 9.53. The Morgan fingerprint density at radius 3 is 2.83 bits per heavy atom. The first-order chi connectivity index (χ1) is 11.2. The minimum atomic E-state index is -0.672. The van der Waals surface area contributed by atoms with Crippen molar-refractivity contribution in [3.05, 3.63) is 42.2 Å². The second-order valence-corrected chi connectivity index (χ2v) is 5.53. The number of benzene rings is 1. The standard InChI is InChI=1S/C17H20BNO4/c1-3-22-17-7-12(4-5-16(17)21-2)13-6-14(10-19-9-13)15-8-18(20)23-11-15/h4-7,9-10,15,20H,3,8,11H2,1-2H3. The van der Waals surface area contributed by atoms with E-state index in [0.29, 0.717) is 25.3 Å². The van der Waals surface area contributed by atoms with Crippen molar-refractivity contribution in [2.24, 2.45) is 0 Å². The third-order valence-corrected chi connectivity index (χ3v) is 4.00. The Labute approximate surface area is 136 Å². The van der Waals surface area contributed by atoms with Gasteiger partial charge in [0.2, 0.25) is 0 Å². The van der Waals surface area contributed by atoms with Crippen LogP contribution in [0, 0.1) is 0 Å². The highest BCUT2D eigenvalue weighted by molar-refractivity contribution is 6.43. The molecule has 1 fully saturated rings. The van der Waals surface area contributed by atoms with E-state index < -0.39 is 7.12 Å². The van der Waals surface area contributed by atoms with Gasteiger partial charge in [0.25, 0.3) is 0 Å². The first-order valence-electron chi connectivity index (χ1n) is 7.77. The first-order valence-corrected chi connectivity index (χ1v) is 7.77. The van der Waals surface area contributed by atoms with E-state index >= 15 is 0 Å². The first kappa shape index (κ1) is 15.8. The van der Waals surface area contributed by atoms with Crippen molar-refractivity contribution in [1.82, 2.24) is 4.98 Å². The van der Waals surface area contributed by atoms with E-state index in [-0.39, 0.29) is 5.92 Å². The van der Waals surface area contributed by atoms with Crippen LogP contribution in [0.25, 0.3) is 11.1 Å². The van der Waals surface area contributed by atoms with Crippen molar-refractivity contribution < 1.29 is 19.2 Å². The smallest absolute Gasteiger partial charge is 0.454 e. The summed E-state index contributed by atoms with van der Waals surface area (Å²) in [5.74, 6) is 1.62. The van der Waals surface area contributed by atoms with Crippen LogP contribution in [0.15, 0.2) is 36.7 Å². The molecule has 0 spiro atoms. The molecule has 0 amide bonds. The molecule has 1 aliphatic heterocycles. The zero-order valence-corrected chi connectivity index (χ0v) is 13.4. The van der Waals surface area contributed by atoms with Crippen LogP contribution in [-0.2, 0) is 4.65 Å². The highest BCUT2D eigenvalue weighted by Crippen LogP contribution is 2.34. The number of hydrogen-bond donors (Lipinski definition) is 1. The van der Waals surface area contributed by atoms with Gasteiger partial charge in [-0.15, -0.1) is 0 Å². The van der Waals surface area contributed by atoms with Crippen LogP contribution in [0.4, 0.5) is 0 Å². The lowest BCUT2D eigenvalue weighted by Gasteiger charge is -2.13. The van der Waals surface area contributed by atoms with E-state index in [1.54, 1.807) is 7.11 Å². The number of ether oxygens (including phenoxy) is 2. The maximum Gasteiger partial charge on any atom is 0.454 e. The van der Waals surface area contributed by atoms with Gasteiger partial charge in [-0.25, -0.2) is 0 Å².